The van der Waals surface area contributed by atoms with Crippen LogP contribution in [0.25, 0.3) is 0 Å². The van der Waals surface area contributed by atoms with Crippen molar-refractivity contribution in [1.29, 1.82) is 0 Å². The summed E-state index contributed by atoms with van der Waals surface area (Å²) in [6.07, 6.45) is 2.78. The minimum atomic E-state index is -0.0453. The number of rotatable bonds is 6. The van der Waals surface area contributed by atoms with E-state index in [-0.39, 0.29) is 6.04 Å². The van der Waals surface area contributed by atoms with Gasteiger partial charge in [0.15, 0.2) is 5.75 Å². The van der Waals surface area contributed by atoms with Crippen LogP contribution in [0, 0.1) is 6.92 Å². The normalized spacial score (nSPS) is 12.6. The van der Waals surface area contributed by atoms with E-state index >= 15 is 0 Å². The molecule has 2 aromatic heterocycles. The summed E-state index contributed by atoms with van der Waals surface area (Å²) >= 11 is 0. The minimum Gasteiger partial charge on any atom is -0.493 e. The molecule has 1 atom stereocenters. The van der Waals surface area contributed by atoms with Gasteiger partial charge in [-0.05, 0) is 32.0 Å². The molecule has 0 amide bonds. The van der Waals surface area contributed by atoms with Crippen LogP contribution in [0.2, 0.25) is 0 Å². The fraction of sp³-hybridized carbons (Fsp3) is 0.500. The fourth-order valence-electron chi connectivity index (χ4n) is 2.14. The average molecular weight is 263 g/mol. The SMILES string of the molecule is CCCNC(c1ccc(C)o1)c1c(OC)cnn1C. The van der Waals surface area contributed by atoms with E-state index in [4.69, 9.17) is 9.15 Å². The van der Waals surface area contributed by atoms with Gasteiger partial charge in [-0.15, -0.1) is 0 Å². The standard InChI is InChI=1S/C14H21N3O2/c1-5-8-15-13(11-7-6-10(2)19-11)14-12(18-4)9-16-17(14)3/h6-7,9,13,15H,5,8H2,1-4H3. The molecule has 5 nitrogen and oxygen atoms in total. The largest absolute Gasteiger partial charge is 0.493 e. The summed E-state index contributed by atoms with van der Waals surface area (Å²) < 4.78 is 13.0. The topological polar surface area (TPSA) is 52.2 Å². The van der Waals surface area contributed by atoms with Gasteiger partial charge in [0.2, 0.25) is 0 Å². The molecule has 5 heteroatoms. The van der Waals surface area contributed by atoms with Crippen molar-refractivity contribution in [1.82, 2.24) is 15.1 Å². The van der Waals surface area contributed by atoms with E-state index in [0.717, 1.165) is 35.9 Å². The highest BCUT2D eigenvalue weighted by Gasteiger charge is 2.24. The number of furan rings is 1. The van der Waals surface area contributed by atoms with E-state index in [0.29, 0.717) is 0 Å². The number of nitrogens with one attached hydrogen (secondary N) is 1. The molecule has 1 N–H and O–H groups in total. The van der Waals surface area contributed by atoms with Crippen LogP contribution >= 0.6 is 0 Å². The second-order valence-electron chi connectivity index (χ2n) is 4.56. The van der Waals surface area contributed by atoms with Crippen LogP contribution in [-0.4, -0.2) is 23.4 Å². The molecule has 0 aromatic carbocycles. The molecule has 0 aliphatic rings. The van der Waals surface area contributed by atoms with Crippen LogP contribution < -0.4 is 10.1 Å². The third kappa shape index (κ3) is 2.81. The first-order valence-electron chi connectivity index (χ1n) is 6.53. The van der Waals surface area contributed by atoms with Crippen molar-refractivity contribution in [2.45, 2.75) is 26.3 Å². The molecule has 0 fully saturated rings. The van der Waals surface area contributed by atoms with Gasteiger partial charge >= 0.3 is 0 Å². The molecule has 0 spiro atoms. The molecule has 0 radical (unpaired) electrons. The second kappa shape index (κ2) is 5.93. The quantitative estimate of drug-likeness (QED) is 0.869. The summed E-state index contributed by atoms with van der Waals surface area (Å²) in [5.41, 5.74) is 0.977. The van der Waals surface area contributed by atoms with Gasteiger partial charge in [0, 0.05) is 7.05 Å². The van der Waals surface area contributed by atoms with E-state index < -0.39 is 0 Å². The lowest BCUT2D eigenvalue weighted by atomic mass is 10.1. The van der Waals surface area contributed by atoms with Gasteiger partial charge < -0.3 is 14.5 Å². The summed E-state index contributed by atoms with van der Waals surface area (Å²) in [6.45, 7) is 4.98. The molecule has 1 unspecified atom stereocenters. The summed E-state index contributed by atoms with van der Waals surface area (Å²) in [5.74, 6) is 2.55. The molecule has 2 heterocycles. The maximum atomic E-state index is 5.76. The third-order valence-corrected chi connectivity index (χ3v) is 3.09. The molecule has 104 valence electrons. The fourth-order valence-corrected chi connectivity index (χ4v) is 2.14. The van der Waals surface area contributed by atoms with Crippen molar-refractivity contribution in [3.8, 4) is 5.75 Å². The zero-order valence-corrected chi connectivity index (χ0v) is 11.9. The smallest absolute Gasteiger partial charge is 0.162 e. The number of aryl methyl sites for hydroxylation is 2. The highest BCUT2D eigenvalue weighted by Crippen LogP contribution is 2.30. The monoisotopic (exact) mass is 263 g/mol. The number of aromatic nitrogens is 2. The molecule has 0 bridgehead atoms. The Labute approximate surface area is 113 Å². The molecule has 19 heavy (non-hydrogen) atoms. The maximum absolute atomic E-state index is 5.76. The molecular weight excluding hydrogens is 242 g/mol. The van der Waals surface area contributed by atoms with Crippen LogP contribution in [0.3, 0.4) is 0 Å². The van der Waals surface area contributed by atoms with Crippen molar-refractivity contribution in [2.75, 3.05) is 13.7 Å². The van der Waals surface area contributed by atoms with Gasteiger partial charge in [0.25, 0.3) is 0 Å². The van der Waals surface area contributed by atoms with E-state index in [1.807, 2.05) is 30.8 Å². The Morgan fingerprint density at radius 1 is 1.47 bits per heavy atom. The summed E-state index contributed by atoms with van der Waals surface area (Å²) in [4.78, 5) is 0. The van der Waals surface area contributed by atoms with E-state index in [9.17, 15) is 0 Å². The number of hydrogen-bond acceptors (Lipinski definition) is 4. The van der Waals surface area contributed by atoms with Crippen molar-refractivity contribution in [2.24, 2.45) is 7.05 Å². The third-order valence-electron chi connectivity index (χ3n) is 3.09. The van der Waals surface area contributed by atoms with Gasteiger partial charge in [-0.25, -0.2) is 0 Å². The van der Waals surface area contributed by atoms with Gasteiger partial charge in [-0.3, -0.25) is 4.68 Å². The van der Waals surface area contributed by atoms with Crippen molar-refractivity contribution in [3.63, 3.8) is 0 Å². The van der Waals surface area contributed by atoms with E-state index in [1.54, 1.807) is 13.3 Å². The van der Waals surface area contributed by atoms with Crippen LogP contribution in [0.4, 0.5) is 0 Å². The first-order chi connectivity index (χ1) is 9.17. The molecule has 0 aliphatic heterocycles. The average Bonchev–Trinajstić information content (AvgIpc) is 2.98. The van der Waals surface area contributed by atoms with Gasteiger partial charge in [-0.1, -0.05) is 6.92 Å². The lowest BCUT2D eigenvalue weighted by molar-refractivity contribution is 0.381. The highest BCUT2D eigenvalue weighted by atomic mass is 16.5. The molecular formula is C14H21N3O2. The maximum Gasteiger partial charge on any atom is 0.162 e. The lowest BCUT2D eigenvalue weighted by Gasteiger charge is -2.18. The number of methoxy groups -OCH3 is 1. The zero-order chi connectivity index (χ0) is 13.8. The van der Waals surface area contributed by atoms with Crippen LogP contribution in [0.1, 0.15) is 36.6 Å². The van der Waals surface area contributed by atoms with Crippen molar-refractivity contribution >= 4 is 0 Å². The molecule has 0 saturated heterocycles. The predicted molar refractivity (Wildman–Crippen MR) is 73.3 cm³/mol. The molecule has 0 saturated carbocycles. The Hall–Kier alpha value is -1.75. The minimum absolute atomic E-state index is 0.0453. The van der Waals surface area contributed by atoms with Crippen LogP contribution in [-0.2, 0) is 7.05 Å². The number of nitrogens with zero attached hydrogens (tertiary/aromatic N) is 2. The highest BCUT2D eigenvalue weighted by molar-refractivity contribution is 5.33. The molecule has 2 aromatic rings. The van der Waals surface area contributed by atoms with Crippen molar-refractivity contribution < 1.29 is 9.15 Å². The van der Waals surface area contributed by atoms with E-state index in [1.165, 1.54) is 0 Å². The first-order valence-corrected chi connectivity index (χ1v) is 6.53. The first kappa shape index (κ1) is 13.7. The van der Waals surface area contributed by atoms with Gasteiger partial charge in [0.1, 0.15) is 23.3 Å². The van der Waals surface area contributed by atoms with Crippen LogP contribution in [0.15, 0.2) is 22.7 Å². The molecule has 2 rings (SSSR count). The Kier molecular flexibility index (Phi) is 4.27. The summed E-state index contributed by atoms with van der Waals surface area (Å²) in [7, 11) is 3.57. The summed E-state index contributed by atoms with van der Waals surface area (Å²) in [6, 6.07) is 3.92. The number of ether oxygens (including phenoxy) is 1. The Balaban J connectivity index is 2.39. The Morgan fingerprint density at radius 3 is 2.84 bits per heavy atom. The summed E-state index contributed by atoms with van der Waals surface area (Å²) in [5, 5.41) is 7.74. The zero-order valence-electron chi connectivity index (χ0n) is 11.9. The number of hydrogen-bond donors (Lipinski definition) is 1. The van der Waals surface area contributed by atoms with Gasteiger partial charge in [-0.2, -0.15) is 5.10 Å². The lowest BCUT2D eigenvalue weighted by Crippen LogP contribution is -2.25. The van der Waals surface area contributed by atoms with Gasteiger partial charge in [0.05, 0.1) is 13.3 Å². The molecule has 0 aliphatic carbocycles. The van der Waals surface area contributed by atoms with Crippen molar-refractivity contribution in [3.05, 3.63) is 35.5 Å². The van der Waals surface area contributed by atoms with E-state index in [2.05, 4.69) is 17.3 Å². The predicted octanol–water partition coefficient (Wildman–Crippen LogP) is 2.42. The Morgan fingerprint density at radius 2 is 2.26 bits per heavy atom. The van der Waals surface area contributed by atoms with Crippen LogP contribution in [0.5, 0.6) is 5.75 Å². The Bertz CT molecular complexity index is 531. The second-order valence-corrected chi connectivity index (χ2v) is 4.56.